The Morgan fingerprint density at radius 2 is 1.83 bits per heavy atom. The van der Waals surface area contributed by atoms with E-state index in [1.54, 1.807) is 0 Å². The molecule has 2 heterocycles. The van der Waals surface area contributed by atoms with Gasteiger partial charge in [-0.2, -0.15) is 0 Å². The van der Waals surface area contributed by atoms with E-state index in [4.69, 9.17) is 10.2 Å². The summed E-state index contributed by atoms with van der Waals surface area (Å²) in [6, 6.07) is 3.92. The number of aliphatic hydroxyl groups is 2. The van der Waals surface area contributed by atoms with Crippen molar-refractivity contribution in [2.75, 3.05) is 36.9 Å². The summed E-state index contributed by atoms with van der Waals surface area (Å²) < 4.78 is 27.3. The first kappa shape index (κ1) is 21.9. The van der Waals surface area contributed by atoms with E-state index in [-0.39, 0.29) is 53.2 Å². The molecule has 0 saturated heterocycles. The minimum Gasteiger partial charge on any atom is -0.396 e. The first-order chi connectivity index (χ1) is 14.5. The lowest BCUT2D eigenvalue weighted by molar-refractivity contribution is 0.292. The van der Waals surface area contributed by atoms with Gasteiger partial charge in [0.05, 0.1) is 6.61 Å². The maximum absolute atomic E-state index is 13.9. The SMILES string of the molecule is O=c1[nH]c2nc(SCc3cccc(F)c3F)nc(NCCCO)c2nc1NCCO. The Bertz CT molecular complexity index is 1080. The maximum Gasteiger partial charge on any atom is 0.292 e. The zero-order chi connectivity index (χ0) is 21.5. The van der Waals surface area contributed by atoms with Crippen molar-refractivity contribution in [2.45, 2.75) is 17.3 Å². The number of aromatic amines is 1. The van der Waals surface area contributed by atoms with Gasteiger partial charge in [-0.05, 0) is 12.5 Å². The summed E-state index contributed by atoms with van der Waals surface area (Å²) in [7, 11) is 0. The molecule has 0 atom stereocenters. The fourth-order valence-electron chi connectivity index (χ4n) is 2.53. The Kier molecular flexibility index (Phi) is 7.49. The Morgan fingerprint density at radius 1 is 1.03 bits per heavy atom. The second kappa shape index (κ2) is 10.3. The molecular weight excluding hydrogens is 418 g/mol. The molecule has 2 aromatic heterocycles. The van der Waals surface area contributed by atoms with E-state index in [2.05, 4.69) is 30.6 Å². The molecule has 12 heteroatoms. The Balaban J connectivity index is 1.94. The van der Waals surface area contributed by atoms with Crippen molar-refractivity contribution < 1.29 is 19.0 Å². The minimum absolute atomic E-state index is 0.00703. The molecule has 0 radical (unpaired) electrons. The smallest absolute Gasteiger partial charge is 0.292 e. The van der Waals surface area contributed by atoms with Crippen LogP contribution < -0.4 is 16.2 Å². The molecule has 0 aliphatic heterocycles. The highest BCUT2D eigenvalue weighted by atomic mass is 32.2. The van der Waals surface area contributed by atoms with Gasteiger partial charge in [0.25, 0.3) is 5.56 Å². The van der Waals surface area contributed by atoms with Crippen molar-refractivity contribution in [2.24, 2.45) is 0 Å². The largest absolute Gasteiger partial charge is 0.396 e. The van der Waals surface area contributed by atoms with Crippen LogP contribution in [0.5, 0.6) is 0 Å². The fraction of sp³-hybridized carbons (Fsp3) is 0.333. The van der Waals surface area contributed by atoms with Crippen molar-refractivity contribution in [1.82, 2.24) is 19.9 Å². The number of H-pyrrole nitrogens is 1. The number of hydrogen-bond donors (Lipinski definition) is 5. The van der Waals surface area contributed by atoms with Gasteiger partial charge in [-0.1, -0.05) is 23.9 Å². The second-order valence-electron chi connectivity index (χ2n) is 6.12. The van der Waals surface area contributed by atoms with Crippen LogP contribution in [0.3, 0.4) is 0 Å². The topological polar surface area (TPSA) is 136 Å². The van der Waals surface area contributed by atoms with Gasteiger partial charge in [0, 0.05) is 31.0 Å². The number of aromatic nitrogens is 4. The first-order valence-corrected chi connectivity index (χ1v) is 10.1. The molecule has 1 aromatic carbocycles. The lowest BCUT2D eigenvalue weighted by Gasteiger charge is -2.11. The molecule has 0 saturated carbocycles. The summed E-state index contributed by atoms with van der Waals surface area (Å²) in [4.78, 5) is 27.7. The molecule has 3 rings (SSSR count). The number of rotatable bonds is 10. The van der Waals surface area contributed by atoms with E-state index in [9.17, 15) is 13.6 Å². The third kappa shape index (κ3) is 5.20. The second-order valence-corrected chi connectivity index (χ2v) is 7.06. The highest BCUT2D eigenvalue weighted by Gasteiger charge is 2.15. The van der Waals surface area contributed by atoms with E-state index in [0.29, 0.717) is 18.8 Å². The number of aliphatic hydroxyl groups excluding tert-OH is 2. The highest BCUT2D eigenvalue weighted by Crippen LogP contribution is 2.26. The standard InChI is InChI=1S/C18H20F2N6O3S/c19-11-4-1-3-10(12(11)20)9-30-18-25-14(21-5-2-7-27)13-15(26-18)24-17(29)16(23-13)22-6-8-28/h1,3-4,27-28H,2,5-9H2,(H,22,23)(H2,21,24,25,26,29). The van der Waals surface area contributed by atoms with Gasteiger partial charge in [0.15, 0.2) is 39.6 Å². The van der Waals surface area contributed by atoms with Gasteiger partial charge in [-0.3, -0.25) is 4.79 Å². The van der Waals surface area contributed by atoms with Crippen LogP contribution in [0, 0.1) is 11.6 Å². The summed E-state index contributed by atoms with van der Waals surface area (Å²) >= 11 is 1.07. The van der Waals surface area contributed by atoms with Crippen LogP contribution in [-0.2, 0) is 5.75 Å². The molecule has 0 spiro atoms. The van der Waals surface area contributed by atoms with Crippen molar-refractivity contribution in [3.63, 3.8) is 0 Å². The van der Waals surface area contributed by atoms with Crippen LogP contribution in [0.25, 0.3) is 11.2 Å². The highest BCUT2D eigenvalue weighted by molar-refractivity contribution is 7.98. The van der Waals surface area contributed by atoms with Crippen molar-refractivity contribution >= 4 is 34.6 Å². The minimum atomic E-state index is -0.935. The molecule has 9 nitrogen and oxygen atoms in total. The van der Waals surface area contributed by atoms with Gasteiger partial charge in [-0.25, -0.2) is 23.7 Å². The molecule has 0 aliphatic rings. The van der Waals surface area contributed by atoms with Crippen LogP contribution in [0.2, 0.25) is 0 Å². The number of hydrogen-bond acceptors (Lipinski definition) is 9. The number of anilines is 2. The van der Waals surface area contributed by atoms with E-state index < -0.39 is 17.2 Å². The molecular formula is C18H20F2N6O3S. The molecule has 0 fully saturated rings. The van der Waals surface area contributed by atoms with Crippen LogP contribution >= 0.6 is 11.8 Å². The number of fused-ring (bicyclic) bond motifs is 1. The van der Waals surface area contributed by atoms with Crippen LogP contribution in [-0.4, -0.2) is 56.5 Å². The van der Waals surface area contributed by atoms with Gasteiger partial charge in [-0.15, -0.1) is 0 Å². The molecule has 30 heavy (non-hydrogen) atoms. The number of nitrogens with one attached hydrogen (secondary N) is 3. The van der Waals surface area contributed by atoms with Gasteiger partial charge < -0.3 is 25.8 Å². The third-order valence-corrected chi connectivity index (χ3v) is 4.85. The van der Waals surface area contributed by atoms with Crippen molar-refractivity contribution in [3.8, 4) is 0 Å². The van der Waals surface area contributed by atoms with E-state index in [1.165, 1.54) is 12.1 Å². The molecule has 0 unspecified atom stereocenters. The van der Waals surface area contributed by atoms with Crippen molar-refractivity contribution in [1.29, 1.82) is 0 Å². The Morgan fingerprint density at radius 3 is 2.60 bits per heavy atom. The lowest BCUT2D eigenvalue weighted by atomic mass is 10.2. The average molecular weight is 438 g/mol. The molecule has 3 aromatic rings. The van der Waals surface area contributed by atoms with Gasteiger partial charge in [0.2, 0.25) is 0 Å². The molecule has 160 valence electrons. The summed E-state index contributed by atoms with van der Waals surface area (Å²) in [6.07, 6.45) is 0.460. The quantitative estimate of drug-likeness (QED) is 0.181. The average Bonchev–Trinajstić information content (AvgIpc) is 2.73. The molecule has 5 N–H and O–H groups in total. The predicted molar refractivity (Wildman–Crippen MR) is 110 cm³/mol. The first-order valence-electron chi connectivity index (χ1n) is 9.10. The third-order valence-electron chi connectivity index (χ3n) is 3.95. The number of halogens is 2. The van der Waals surface area contributed by atoms with E-state index in [0.717, 1.165) is 17.8 Å². The number of thioether (sulfide) groups is 1. The lowest BCUT2D eigenvalue weighted by Crippen LogP contribution is -2.20. The Labute approximate surface area is 174 Å². The summed E-state index contributed by atoms with van der Waals surface area (Å²) in [5.74, 6) is -1.46. The fourth-order valence-corrected chi connectivity index (χ4v) is 3.35. The van der Waals surface area contributed by atoms with E-state index >= 15 is 0 Å². The van der Waals surface area contributed by atoms with E-state index in [1.807, 2.05) is 0 Å². The zero-order valence-corrected chi connectivity index (χ0v) is 16.6. The summed E-state index contributed by atoms with van der Waals surface area (Å²) in [5.41, 5.74) is 0.0873. The van der Waals surface area contributed by atoms with Gasteiger partial charge in [0.1, 0.15) is 0 Å². The summed E-state index contributed by atoms with van der Waals surface area (Å²) in [5, 5.41) is 23.9. The van der Waals surface area contributed by atoms with Crippen LogP contribution in [0.1, 0.15) is 12.0 Å². The zero-order valence-electron chi connectivity index (χ0n) is 15.8. The molecule has 0 aliphatic carbocycles. The Hall–Kier alpha value is -2.83. The molecule has 0 bridgehead atoms. The van der Waals surface area contributed by atoms with Crippen molar-refractivity contribution in [3.05, 3.63) is 45.8 Å². The number of nitrogens with zero attached hydrogens (tertiary/aromatic N) is 3. The van der Waals surface area contributed by atoms with Crippen LogP contribution in [0.4, 0.5) is 20.4 Å². The normalized spacial score (nSPS) is 11.1. The monoisotopic (exact) mass is 438 g/mol. The maximum atomic E-state index is 13.9. The van der Waals surface area contributed by atoms with Crippen LogP contribution in [0.15, 0.2) is 28.2 Å². The predicted octanol–water partition coefficient (Wildman–Crippen LogP) is 1.48. The molecule has 0 amide bonds. The summed E-state index contributed by atoms with van der Waals surface area (Å²) in [6.45, 7) is 0.335. The number of benzene rings is 1. The van der Waals surface area contributed by atoms with Gasteiger partial charge >= 0.3 is 0 Å².